The highest BCUT2D eigenvalue weighted by Gasteiger charge is 2.20. The van der Waals surface area contributed by atoms with Crippen molar-refractivity contribution in [2.75, 3.05) is 0 Å². The van der Waals surface area contributed by atoms with Crippen LogP contribution in [0.2, 0.25) is 0 Å². The number of aromatic nitrogens is 3. The van der Waals surface area contributed by atoms with Crippen molar-refractivity contribution in [3.8, 4) is 5.82 Å². The van der Waals surface area contributed by atoms with Crippen molar-refractivity contribution in [3.05, 3.63) is 53.9 Å². The van der Waals surface area contributed by atoms with Crippen LogP contribution in [0, 0.1) is 6.92 Å². The molecule has 1 aliphatic rings. The molecule has 1 N–H and O–H groups in total. The van der Waals surface area contributed by atoms with Gasteiger partial charge in [-0.25, -0.2) is 9.67 Å². The second-order valence-corrected chi connectivity index (χ2v) is 5.75. The van der Waals surface area contributed by atoms with E-state index >= 15 is 0 Å². The quantitative estimate of drug-likeness (QED) is 0.798. The summed E-state index contributed by atoms with van der Waals surface area (Å²) >= 11 is 0. The van der Waals surface area contributed by atoms with E-state index in [4.69, 9.17) is 0 Å². The van der Waals surface area contributed by atoms with Crippen molar-refractivity contribution >= 4 is 10.9 Å². The molecule has 21 heavy (non-hydrogen) atoms. The molecule has 0 unspecified atom stereocenters. The predicted molar refractivity (Wildman–Crippen MR) is 83.5 cm³/mol. The van der Waals surface area contributed by atoms with Gasteiger partial charge in [0, 0.05) is 23.7 Å². The van der Waals surface area contributed by atoms with Crippen LogP contribution >= 0.6 is 0 Å². The lowest BCUT2D eigenvalue weighted by Gasteiger charge is -2.08. The molecule has 3 aromatic rings. The van der Waals surface area contributed by atoms with Crippen molar-refractivity contribution in [2.24, 2.45) is 0 Å². The highest BCUT2D eigenvalue weighted by molar-refractivity contribution is 5.79. The molecule has 4 nitrogen and oxygen atoms in total. The molecule has 2 aromatic heterocycles. The molecule has 1 fully saturated rings. The Morgan fingerprint density at radius 1 is 1.24 bits per heavy atom. The first-order valence-electron chi connectivity index (χ1n) is 7.44. The lowest BCUT2D eigenvalue weighted by atomic mass is 10.2. The Bertz CT molecular complexity index is 786. The molecule has 4 heteroatoms. The summed E-state index contributed by atoms with van der Waals surface area (Å²) in [6.45, 7) is 2.94. The highest BCUT2D eigenvalue weighted by Crippen LogP contribution is 2.21. The van der Waals surface area contributed by atoms with Crippen LogP contribution in [0.4, 0.5) is 0 Å². The van der Waals surface area contributed by atoms with Gasteiger partial charge in [-0.1, -0.05) is 18.2 Å². The van der Waals surface area contributed by atoms with Gasteiger partial charge < -0.3 is 5.32 Å². The van der Waals surface area contributed by atoms with Gasteiger partial charge >= 0.3 is 0 Å². The van der Waals surface area contributed by atoms with E-state index in [-0.39, 0.29) is 0 Å². The minimum absolute atomic E-state index is 0.715. The van der Waals surface area contributed by atoms with Crippen LogP contribution < -0.4 is 5.32 Å². The number of fused-ring (bicyclic) bond motifs is 1. The third-order valence-corrected chi connectivity index (χ3v) is 3.87. The van der Waals surface area contributed by atoms with Gasteiger partial charge in [-0.05, 0) is 43.5 Å². The maximum absolute atomic E-state index is 4.64. The summed E-state index contributed by atoms with van der Waals surface area (Å²) in [7, 11) is 0. The molecule has 2 heterocycles. The fourth-order valence-corrected chi connectivity index (χ4v) is 2.64. The summed E-state index contributed by atoms with van der Waals surface area (Å²) in [4.78, 5) is 4.64. The lowest BCUT2D eigenvalue weighted by molar-refractivity contribution is 0.685. The molecular formula is C17H18N4. The Kier molecular flexibility index (Phi) is 2.97. The number of pyridine rings is 1. The van der Waals surface area contributed by atoms with Gasteiger partial charge in [0.1, 0.15) is 0 Å². The highest BCUT2D eigenvalue weighted by atomic mass is 15.3. The van der Waals surface area contributed by atoms with Crippen molar-refractivity contribution in [3.63, 3.8) is 0 Å². The molecule has 1 saturated carbocycles. The monoisotopic (exact) mass is 278 g/mol. The molecule has 0 saturated heterocycles. The molecule has 1 aromatic carbocycles. The first-order valence-corrected chi connectivity index (χ1v) is 7.44. The normalized spacial score (nSPS) is 14.7. The van der Waals surface area contributed by atoms with Gasteiger partial charge in [-0.2, -0.15) is 5.10 Å². The number of para-hydroxylation sites is 1. The predicted octanol–water partition coefficient (Wildman–Crippen LogP) is 2.98. The van der Waals surface area contributed by atoms with E-state index in [9.17, 15) is 0 Å². The summed E-state index contributed by atoms with van der Waals surface area (Å²) in [6, 6.07) is 13.2. The van der Waals surface area contributed by atoms with Crippen LogP contribution in [-0.2, 0) is 6.54 Å². The summed E-state index contributed by atoms with van der Waals surface area (Å²) < 4.78 is 1.92. The molecular weight excluding hydrogens is 260 g/mol. The van der Waals surface area contributed by atoms with E-state index in [1.807, 2.05) is 29.9 Å². The van der Waals surface area contributed by atoms with Crippen LogP contribution in [0.15, 0.2) is 42.6 Å². The fourth-order valence-electron chi connectivity index (χ4n) is 2.64. The number of hydrogen-bond donors (Lipinski definition) is 1. The molecule has 0 amide bonds. The Morgan fingerprint density at radius 3 is 2.95 bits per heavy atom. The second kappa shape index (κ2) is 4.97. The molecule has 0 spiro atoms. The number of nitrogens with zero attached hydrogens (tertiary/aromatic N) is 3. The Labute approximate surface area is 123 Å². The molecule has 0 atom stereocenters. The maximum atomic E-state index is 4.64. The average Bonchev–Trinajstić information content (AvgIpc) is 3.22. The van der Waals surface area contributed by atoms with E-state index in [0.29, 0.717) is 6.04 Å². The van der Waals surface area contributed by atoms with Gasteiger partial charge in [-0.3, -0.25) is 0 Å². The Balaban J connectivity index is 1.72. The van der Waals surface area contributed by atoms with Gasteiger partial charge in [-0.15, -0.1) is 0 Å². The second-order valence-electron chi connectivity index (χ2n) is 5.75. The molecule has 1 aliphatic carbocycles. The van der Waals surface area contributed by atoms with Crippen molar-refractivity contribution in [1.29, 1.82) is 0 Å². The first-order chi connectivity index (χ1) is 10.3. The number of nitrogens with one attached hydrogen (secondary N) is 1. The summed E-state index contributed by atoms with van der Waals surface area (Å²) in [6.07, 6.45) is 4.50. The number of benzene rings is 1. The molecule has 0 bridgehead atoms. The standard InChI is InChI=1S/C17H18N4/c1-12-8-13(10-18-15-6-7-15)9-17(20-12)21-16-5-3-2-4-14(16)11-19-21/h2-5,8-9,11,15,18H,6-7,10H2,1H3. The fraction of sp³-hybridized carbons (Fsp3) is 0.294. The number of aryl methyl sites for hydroxylation is 1. The number of hydrogen-bond acceptors (Lipinski definition) is 3. The van der Waals surface area contributed by atoms with Crippen molar-refractivity contribution in [1.82, 2.24) is 20.1 Å². The van der Waals surface area contributed by atoms with Crippen LogP contribution in [0.1, 0.15) is 24.1 Å². The maximum Gasteiger partial charge on any atom is 0.154 e. The summed E-state index contributed by atoms with van der Waals surface area (Å²) in [5.74, 6) is 0.892. The smallest absolute Gasteiger partial charge is 0.154 e. The SMILES string of the molecule is Cc1cc(CNC2CC2)cc(-n2ncc3ccccc32)n1. The Hall–Kier alpha value is -2.20. The van der Waals surface area contributed by atoms with Crippen LogP contribution in [0.5, 0.6) is 0 Å². The molecule has 0 aliphatic heterocycles. The number of rotatable bonds is 4. The zero-order valence-electron chi connectivity index (χ0n) is 12.1. The van der Waals surface area contributed by atoms with E-state index in [1.165, 1.54) is 18.4 Å². The molecule has 4 rings (SSSR count). The van der Waals surface area contributed by atoms with Gasteiger partial charge in [0.15, 0.2) is 5.82 Å². The zero-order valence-corrected chi connectivity index (χ0v) is 12.1. The van der Waals surface area contributed by atoms with Gasteiger partial charge in [0.05, 0.1) is 11.7 Å². The third kappa shape index (κ3) is 2.54. The topological polar surface area (TPSA) is 42.7 Å². The average molecular weight is 278 g/mol. The van der Waals surface area contributed by atoms with Crippen LogP contribution in [0.3, 0.4) is 0 Å². The van der Waals surface area contributed by atoms with Gasteiger partial charge in [0.2, 0.25) is 0 Å². The lowest BCUT2D eigenvalue weighted by Crippen LogP contribution is -2.16. The Morgan fingerprint density at radius 2 is 2.10 bits per heavy atom. The van der Waals surface area contributed by atoms with Crippen LogP contribution in [0.25, 0.3) is 16.7 Å². The van der Waals surface area contributed by atoms with Crippen molar-refractivity contribution < 1.29 is 0 Å². The largest absolute Gasteiger partial charge is 0.310 e. The van der Waals surface area contributed by atoms with Crippen molar-refractivity contribution in [2.45, 2.75) is 32.4 Å². The minimum Gasteiger partial charge on any atom is -0.310 e. The van der Waals surface area contributed by atoms with E-state index in [1.54, 1.807) is 0 Å². The zero-order chi connectivity index (χ0) is 14.2. The van der Waals surface area contributed by atoms with E-state index in [2.05, 4.69) is 39.7 Å². The van der Waals surface area contributed by atoms with Gasteiger partial charge in [0.25, 0.3) is 0 Å². The third-order valence-electron chi connectivity index (χ3n) is 3.87. The molecule has 0 radical (unpaired) electrons. The molecule has 106 valence electrons. The minimum atomic E-state index is 0.715. The van der Waals surface area contributed by atoms with E-state index in [0.717, 1.165) is 29.0 Å². The van der Waals surface area contributed by atoms with Crippen LogP contribution in [-0.4, -0.2) is 20.8 Å². The summed E-state index contributed by atoms with van der Waals surface area (Å²) in [5.41, 5.74) is 3.39. The first kappa shape index (κ1) is 12.5. The van der Waals surface area contributed by atoms with E-state index < -0.39 is 0 Å². The summed E-state index contributed by atoms with van der Waals surface area (Å²) in [5, 5.41) is 9.18.